The summed E-state index contributed by atoms with van der Waals surface area (Å²) in [5, 5.41) is 14.0. The molecule has 342 valence electrons. The van der Waals surface area contributed by atoms with Gasteiger partial charge in [-0.2, -0.15) is 5.26 Å². The monoisotopic (exact) mass is 942 g/mol. The Morgan fingerprint density at radius 1 is 0.338 bits per heavy atom. The topological polar surface area (TPSA) is 81.0 Å². The lowest BCUT2D eigenvalue weighted by atomic mass is 10.00. The van der Waals surface area contributed by atoms with E-state index in [0.717, 1.165) is 105 Å². The molecule has 0 N–H and O–H groups in total. The third-order valence-corrected chi connectivity index (χ3v) is 13.9. The minimum absolute atomic E-state index is 0.486. The van der Waals surface area contributed by atoms with Crippen LogP contribution < -0.4 is 0 Å². The van der Waals surface area contributed by atoms with Crippen LogP contribution in [0.5, 0.6) is 0 Å². The number of benzene rings is 10. The van der Waals surface area contributed by atoms with Crippen molar-refractivity contribution < 1.29 is 0 Å². The second kappa shape index (κ2) is 17.9. The molecule has 0 atom stereocenters. The maximum Gasteiger partial charge on any atom is 0.187 e. The molecule has 3 heterocycles. The van der Waals surface area contributed by atoms with E-state index in [1.54, 1.807) is 0 Å². The number of hydrogen-bond donors (Lipinski definition) is 0. The molecule has 74 heavy (non-hydrogen) atoms. The second-order valence-corrected chi connectivity index (χ2v) is 18.1. The first-order valence-corrected chi connectivity index (χ1v) is 24.1. The van der Waals surface area contributed by atoms with Crippen molar-refractivity contribution in [2.45, 2.75) is 0 Å². The number of rotatable bonds is 8. The van der Waals surface area contributed by atoms with Gasteiger partial charge >= 0.3 is 0 Å². The number of aromatic nitrogens is 5. The summed E-state index contributed by atoms with van der Waals surface area (Å²) in [5.74, 6) is 1.47. The molecule has 0 saturated carbocycles. The van der Waals surface area contributed by atoms with Crippen LogP contribution in [-0.2, 0) is 0 Å². The third kappa shape index (κ3) is 7.42. The molecule has 0 spiro atoms. The van der Waals surface area contributed by atoms with Crippen molar-refractivity contribution in [1.29, 1.82) is 5.26 Å². The smallest absolute Gasteiger partial charge is 0.187 e. The van der Waals surface area contributed by atoms with E-state index >= 15 is 0 Å². The van der Waals surface area contributed by atoms with Crippen molar-refractivity contribution in [1.82, 2.24) is 24.1 Å². The van der Waals surface area contributed by atoms with E-state index in [1.807, 2.05) is 84.9 Å². The minimum Gasteiger partial charge on any atom is -0.308 e. The molecule has 13 rings (SSSR count). The Morgan fingerprint density at radius 3 is 1.03 bits per heavy atom. The van der Waals surface area contributed by atoms with Crippen LogP contribution in [-0.4, -0.2) is 24.1 Å². The molecule has 3 aromatic heterocycles. The van der Waals surface area contributed by atoms with Crippen LogP contribution in [0.1, 0.15) is 5.56 Å². The van der Waals surface area contributed by atoms with Gasteiger partial charge in [0.1, 0.15) is 0 Å². The van der Waals surface area contributed by atoms with Crippen molar-refractivity contribution in [3.05, 3.63) is 259 Å². The molecule has 0 aliphatic heterocycles. The van der Waals surface area contributed by atoms with E-state index in [1.165, 1.54) is 0 Å². The molecular formula is C66H38N8. The summed E-state index contributed by atoms with van der Waals surface area (Å²) in [7, 11) is 0. The zero-order valence-electron chi connectivity index (χ0n) is 39.5. The van der Waals surface area contributed by atoms with Gasteiger partial charge in [-0.1, -0.05) is 170 Å². The van der Waals surface area contributed by atoms with Crippen LogP contribution in [0.3, 0.4) is 0 Å². The Balaban J connectivity index is 1.09. The normalized spacial score (nSPS) is 11.2. The maximum atomic E-state index is 9.48. The van der Waals surface area contributed by atoms with Crippen LogP contribution in [0.2, 0.25) is 0 Å². The van der Waals surface area contributed by atoms with Gasteiger partial charge in [0.2, 0.25) is 0 Å². The summed E-state index contributed by atoms with van der Waals surface area (Å²) in [5.41, 5.74) is 16.0. The highest BCUT2D eigenvalue weighted by Gasteiger charge is 2.23. The highest BCUT2D eigenvalue weighted by Crippen LogP contribution is 2.42. The first kappa shape index (κ1) is 43.3. The van der Waals surface area contributed by atoms with E-state index in [2.05, 4.69) is 170 Å². The summed E-state index contributed by atoms with van der Waals surface area (Å²) < 4.78 is 4.62. The quantitative estimate of drug-likeness (QED) is 0.142. The predicted molar refractivity (Wildman–Crippen MR) is 298 cm³/mol. The Kier molecular flexibility index (Phi) is 10.5. The highest BCUT2D eigenvalue weighted by molar-refractivity contribution is 6.11. The third-order valence-electron chi connectivity index (χ3n) is 13.9. The Labute approximate surface area is 426 Å². The fourth-order valence-corrected chi connectivity index (χ4v) is 10.3. The van der Waals surface area contributed by atoms with E-state index in [-0.39, 0.29) is 0 Å². The van der Waals surface area contributed by atoms with Crippen LogP contribution in [0, 0.1) is 24.5 Å². The van der Waals surface area contributed by atoms with Gasteiger partial charge < -0.3 is 9.13 Å². The molecule has 0 bridgehead atoms. The SMILES string of the molecule is [C-]#[N+]c1ccc(-c2ccc(-c3nc(-c4ccc(-c5ccc(C#N)cc5)cc4)nc(-c4ccc(-c5ccc([N+]#[C-])cc5)cc4-n4c5ccccc5c5ccccc54)n3)c(-n3c4ccccc4c4ccccc43)c2)cc1. The lowest BCUT2D eigenvalue weighted by molar-refractivity contribution is 1.06. The standard InChI is InChI=1S/C66H38N8/c1-68-50-33-27-45(28-34-50)48-31-37-56(62(39-48)73-58-15-7-3-11-52(58)53-12-4-8-16-59(53)73)65-70-64(47-25-23-44(24-26-47)43-21-19-42(41-67)20-22-43)71-66(72-65)57-38-32-49(46-29-35-51(69-2)36-30-46)40-63(57)74-60-17-9-5-13-54(60)55-14-6-10-18-61(55)74/h3-40H. The maximum absolute atomic E-state index is 9.48. The summed E-state index contributed by atoms with van der Waals surface area (Å²) in [6.07, 6.45) is 0. The van der Waals surface area contributed by atoms with Crippen molar-refractivity contribution >= 4 is 55.0 Å². The predicted octanol–water partition coefficient (Wildman–Crippen LogP) is 17.0. The van der Waals surface area contributed by atoms with E-state index < -0.39 is 0 Å². The molecule has 10 aromatic carbocycles. The molecule has 8 nitrogen and oxygen atoms in total. The molecule has 0 fully saturated rings. The molecule has 8 heteroatoms. The Hall–Kier alpha value is -10.7. The average Bonchev–Trinajstić information content (AvgIpc) is 4.00. The van der Waals surface area contributed by atoms with Crippen LogP contribution >= 0.6 is 0 Å². The lowest BCUT2D eigenvalue weighted by Crippen LogP contribution is -2.06. The molecule has 0 amide bonds. The summed E-state index contributed by atoms with van der Waals surface area (Å²) >= 11 is 0. The lowest BCUT2D eigenvalue weighted by Gasteiger charge is -2.18. The van der Waals surface area contributed by atoms with Crippen molar-refractivity contribution in [2.24, 2.45) is 0 Å². The van der Waals surface area contributed by atoms with Gasteiger partial charge in [0.15, 0.2) is 28.8 Å². The summed E-state index contributed by atoms with van der Waals surface area (Å²) in [6, 6.07) is 80.2. The van der Waals surface area contributed by atoms with Gasteiger partial charge in [0, 0.05) is 38.2 Å². The average molecular weight is 943 g/mol. The Morgan fingerprint density at radius 2 is 0.649 bits per heavy atom. The van der Waals surface area contributed by atoms with Crippen LogP contribution in [0.25, 0.3) is 132 Å². The molecule has 0 radical (unpaired) electrons. The summed E-state index contributed by atoms with van der Waals surface area (Å²) in [6.45, 7) is 15.2. The van der Waals surface area contributed by atoms with E-state index in [4.69, 9.17) is 28.1 Å². The number of hydrogen-bond acceptors (Lipinski definition) is 4. The van der Waals surface area contributed by atoms with Gasteiger partial charge in [-0.05, 0) is 94.0 Å². The van der Waals surface area contributed by atoms with Crippen LogP contribution in [0.15, 0.2) is 231 Å². The number of nitrogens with zero attached hydrogens (tertiary/aromatic N) is 8. The largest absolute Gasteiger partial charge is 0.308 e. The summed E-state index contributed by atoms with van der Waals surface area (Å²) in [4.78, 5) is 23.7. The van der Waals surface area contributed by atoms with Gasteiger partial charge in [-0.25, -0.2) is 24.6 Å². The zero-order chi connectivity index (χ0) is 49.7. The first-order chi connectivity index (χ1) is 36.5. The molecule has 0 aliphatic rings. The van der Waals surface area contributed by atoms with Crippen molar-refractivity contribution in [3.63, 3.8) is 0 Å². The fraction of sp³-hybridized carbons (Fsp3) is 0. The molecule has 13 aromatic rings. The molecular weight excluding hydrogens is 905 g/mol. The van der Waals surface area contributed by atoms with Crippen molar-refractivity contribution in [2.75, 3.05) is 0 Å². The fourth-order valence-electron chi connectivity index (χ4n) is 10.3. The van der Waals surface area contributed by atoms with E-state index in [0.29, 0.717) is 34.4 Å². The van der Waals surface area contributed by atoms with Crippen molar-refractivity contribution in [3.8, 4) is 85.0 Å². The minimum atomic E-state index is 0.486. The van der Waals surface area contributed by atoms with Crippen LogP contribution in [0.4, 0.5) is 11.4 Å². The highest BCUT2D eigenvalue weighted by atomic mass is 15.1. The van der Waals surface area contributed by atoms with E-state index in [9.17, 15) is 5.26 Å². The van der Waals surface area contributed by atoms with Gasteiger partial charge in [0.25, 0.3) is 0 Å². The van der Waals surface area contributed by atoms with Gasteiger partial charge in [-0.3, -0.25) is 0 Å². The number of fused-ring (bicyclic) bond motifs is 6. The number of para-hydroxylation sites is 4. The first-order valence-electron chi connectivity index (χ1n) is 24.1. The molecule has 0 unspecified atom stereocenters. The Bertz CT molecular complexity index is 4140. The molecule has 0 aliphatic carbocycles. The zero-order valence-corrected chi connectivity index (χ0v) is 39.5. The van der Waals surface area contributed by atoms with Gasteiger partial charge in [0.05, 0.1) is 58.2 Å². The van der Waals surface area contributed by atoms with Gasteiger partial charge in [-0.15, -0.1) is 0 Å². The second-order valence-electron chi connectivity index (χ2n) is 18.1. The molecule has 0 saturated heterocycles. The number of nitriles is 1.